The fourth-order valence-corrected chi connectivity index (χ4v) is 2.26. The van der Waals surface area contributed by atoms with Gasteiger partial charge in [-0.2, -0.15) is 0 Å². The average Bonchev–Trinajstić information content (AvgIpc) is 2.41. The Labute approximate surface area is 111 Å². The van der Waals surface area contributed by atoms with Gasteiger partial charge in [0.2, 0.25) is 0 Å². The molecule has 2 aromatic rings. The van der Waals surface area contributed by atoms with Crippen molar-refractivity contribution in [3.8, 4) is 5.75 Å². The number of rotatable bonds is 0. The summed E-state index contributed by atoms with van der Waals surface area (Å²) >= 11 is 0. The number of nitrogens with two attached hydrogens (primary N) is 1. The Morgan fingerprint density at radius 1 is 1.05 bits per heavy atom. The van der Waals surface area contributed by atoms with Crippen molar-refractivity contribution >= 4 is 11.7 Å². The van der Waals surface area contributed by atoms with E-state index in [-0.39, 0.29) is 0 Å². The normalized spacial score (nSPS) is 13.6. The second kappa shape index (κ2) is 4.65. The van der Waals surface area contributed by atoms with Gasteiger partial charge in [-0.05, 0) is 23.3 Å². The van der Waals surface area contributed by atoms with E-state index < -0.39 is 6.03 Å². The minimum absolute atomic E-state index is 0.464. The first kappa shape index (κ1) is 11.6. The Morgan fingerprint density at radius 2 is 1.74 bits per heavy atom. The van der Waals surface area contributed by atoms with E-state index in [1.54, 1.807) is 0 Å². The quantitative estimate of drug-likeness (QED) is 0.785. The molecule has 19 heavy (non-hydrogen) atoms. The van der Waals surface area contributed by atoms with Crippen LogP contribution in [0.3, 0.4) is 0 Å². The molecule has 0 unspecified atom stereocenters. The molecule has 1 heterocycles. The van der Waals surface area contributed by atoms with Gasteiger partial charge >= 0.3 is 6.03 Å². The third kappa shape index (κ3) is 2.12. The number of amides is 2. The van der Waals surface area contributed by atoms with Crippen molar-refractivity contribution in [2.75, 3.05) is 4.90 Å². The van der Waals surface area contributed by atoms with Crippen LogP contribution >= 0.6 is 0 Å². The van der Waals surface area contributed by atoms with Gasteiger partial charge in [0.1, 0.15) is 12.4 Å². The number of para-hydroxylation sites is 2. The lowest BCUT2D eigenvalue weighted by atomic mass is 10.1. The van der Waals surface area contributed by atoms with Gasteiger partial charge in [-0.15, -0.1) is 0 Å². The zero-order chi connectivity index (χ0) is 13.2. The number of hydrogen-bond acceptors (Lipinski definition) is 2. The molecule has 0 atom stereocenters. The van der Waals surface area contributed by atoms with Crippen LogP contribution in [0.1, 0.15) is 11.1 Å². The standard InChI is InChI=1S/C15H14N2O2/c16-15(18)17-9-11-5-1-2-6-12(11)10-19-14-8-4-3-7-13(14)17/h1-8H,9-10H2,(H2,16,18). The van der Waals surface area contributed by atoms with Crippen LogP contribution in [0.4, 0.5) is 10.5 Å². The summed E-state index contributed by atoms with van der Waals surface area (Å²) in [5, 5.41) is 0. The molecule has 0 saturated heterocycles. The highest BCUT2D eigenvalue weighted by molar-refractivity contribution is 5.92. The Kier molecular flexibility index (Phi) is 2.83. The molecule has 4 nitrogen and oxygen atoms in total. The molecule has 3 rings (SSSR count). The van der Waals surface area contributed by atoms with E-state index in [9.17, 15) is 4.79 Å². The average molecular weight is 254 g/mol. The van der Waals surface area contributed by atoms with Crippen LogP contribution in [0.5, 0.6) is 5.75 Å². The minimum atomic E-state index is -0.479. The van der Waals surface area contributed by atoms with Gasteiger partial charge in [-0.3, -0.25) is 4.90 Å². The first-order valence-electron chi connectivity index (χ1n) is 6.11. The Morgan fingerprint density at radius 3 is 2.53 bits per heavy atom. The van der Waals surface area contributed by atoms with Crippen molar-refractivity contribution in [3.63, 3.8) is 0 Å². The van der Waals surface area contributed by atoms with Crippen molar-refractivity contribution < 1.29 is 9.53 Å². The fourth-order valence-electron chi connectivity index (χ4n) is 2.26. The van der Waals surface area contributed by atoms with Gasteiger partial charge in [0.05, 0.1) is 12.2 Å². The molecule has 2 N–H and O–H groups in total. The molecule has 4 heteroatoms. The largest absolute Gasteiger partial charge is 0.487 e. The van der Waals surface area contributed by atoms with E-state index in [2.05, 4.69) is 0 Å². The molecule has 0 bridgehead atoms. The van der Waals surface area contributed by atoms with Gasteiger partial charge < -0.3 is 10.5 Å². The molecular formula is C15H14N2O2. The summed E-state index contributed by atoms with van der Waals surface area (Å²) < 4.78 is 5.79. The van der Waals surface area contributed by atoms with Crippen LogP contribution in [0.25, 0.3) is 0 Å². The van der Waals surface area contributed by atoms with Crippen molar-refractivity contribution in [1.29, 1.82) is 0 Å². The number of primary amides is 1. The smallest absolute Gasteiger partial charge is 0.319 e. The van der Waals surface area contributed by atoms with Crippen LogP contribution < -0.4 is 15.4 Å². The summed E-state index contributed by atoms with van der Waals surface area (Å²) in [5.74, 6) is 0.677. The molecule has 2 amide bonds. The molecule has 0 spiro atoms. The first-order valence-corrected chi connectivity index (χ1v) is 6.11. The lowest BCUT2D eigenvalue weighted by Gasteiger charge is -2.27. The summed E-state index contributed by atoms with van der Waals surface area (Å²) in [6, 6.07) is 14.9. The van der Waals surface area contributed by atoms with Gasteiger partial charge in [0, 0.05) is 0 Å². The van der Waals surface area contributed by atoms with E-state index in [0.29, 0.717) is 24.6 Å². The number of benzene rings is 2. The minimum Gasteiger partial charge on any atom is -0.487 e. The highest BCUT2D eigenvalue weighted by atomic mass is 16.5. The monoisotopic (exact) mass is 254 g/mol. The van der Waals surface area contributed by atoms with E-state index in [4.69, 9.17) is 10.5 Å². The van der Waals surface area contributed by atoms with Crippen LogP contribution in [0, 0.1) is 0 Å². The molecule has 1 aliphatic heterocycles. The molecule has 96 valence electrons. The zero-order valence-electron chi connectivity index (χ0n) is 10.4. The topological polar surface area (TPSA) is 55.6 Å². The van der Waals surface area contributed by atoms with Crippen LogP contribution in [0.15, 0.2) is 48.5 Å². The van der Waals surface area contributed by atoms with Crippen molar-refractivity contribution in [2.24, 2.45) is 5.73 Å². The molecule has 0 saturated carbocycles. The van der Waals surface area contributed by atoms with Crippen LogP contribution in [-0.4, -0.2) is 6.03 Å². The number of ether oxygens (including phenoxy) is 1. The van der Waals surface area contributed by atoms with Crippen LogP contribution in [-0.2, 0) is 13.2 Å². The maximum absolute atomic E-state index is 11.7. The highest BCUT2D eigenvalue weighted by Gasteiger charge is 2.21. The van der Waals surface area contributed by atoms with Gasteiger partial charge in [-0.25, -0.2) is 4.79 Å². The predicted octanol–water partition coefficient (Wildman–Crippen LogP) is 2.66. The lowest BCUT2D eigenvalue weighted by Crippen LogP contribution is -2.36. The number of hydrogen-bond donors (Lipinski definition) is 1. The summed E-state index contributed by atoms with van der Waals surface area (Å²) in [7, 11) is 0. The zero-order valence-corrected chi connectivity index (χ0v) is 10.4. The molecule has 0 aliphatic carbocycles. The summed E-state index contributed by atoms with van der Waals surface area (Å²) in [4.78, 5) is 13.2. The number of fused-ring (bicyclic) bond motifs is 2. The summed E-state index contributed by atoms with van der Waals surface area (Å²) in [5.41, 5.74) is 8.33. The molecular weight excluding hydrogens is 240 g/mol. The Hall–Kier alpha value is -2.49. The second-order valence-corrected chi connectivity index (χ2v) is 4.45. The second-order valence-electron chi connectivity index (χ2n) is 4.45. The van der Waals surface area contributed by atoms with Gasteiger partial charge in [-0.1, -0.05) is 36.4 Å². The van der Waals surface area contributed by atoms with Gasteiger partial charge in [0.25, 0.3) is 0 Å². The number of carbonyl (C=O) groups is 1. The van der Waals surface area contributed by atoms with Crippen molar-refractivity contribution in [3.05, 3.63) is 59.7 Å². The molecule has 2 aromatic carbocycles. The molecule has 1 aliphatic rings. The molecule has 0 fully saturated rings. The Balaban J connectivity index is 2.09. The maximum atomic E-state index is 11.7. The van der Waals surface area contributed by atoms with Crippen molar-refractivity contribution in [2.45, 2.75) is 13.2 Å². The Bertz CT molecular complexity index is 625. The molecule has 0 radical (unpaired) electrons. The molecule has 0 aromatic heterocycles. The SMILES string of the molecule is NC(=O)N1Cc2ccccc2COc2ccccc21. The highest BCUT2D eigenvalue weighted by Crippen LogP contribution is 2.32. The summed E-state index contributed by atoms with van der Waals surface area (Å²) in [6.07, 6.45) is 0. The summed E-state index contributed by atoms with van der Waals surface area (Å²) in [6.45, 7) is 0.964. The van der Waals surface area contributed by atoms with Gasteiger partial charge in [0.15, 0.2) is 0 Å². The number of nitrogens with zero attached hydrogens (tertiary/aromatic N) is 1. The third-order valence-corrected chi connectivity index (χ3v) is 3.25. The van der Waals surface area contributed by atoms with Crippen LogP contribution in [0.2, 0.25) is 0 Å². The van der Waals surface area contributed by atoms with E-state index in [0.717, 1.165) is 11.1 Å². The number of carbonyl (C=O) groups excluding carboxylic acids is 1. The van der Waals surface area contributed by atoms with Crippen molar-refractivity contribution in [1.82, 2.24) is 0 Å². The van der Waals surface area contributed by atoms with E-state index >= 15 is 0 Å². The maximum Gasteiger partial charge on any atom is 0.319 e. The van der Waals surface area contributed by atoms with E-state index in [1.165, 1.54) is 4.90 Å². The predicted molar refractivity (Wildman–Crippen MR) is 73.0 cm³/mol. The fraction of sp³-hybridized carbons (Fsp3) is 0.133. The van der Waals surface area contributed by atoms with E-state index in [1.807, 2.05) is 48.5 Å². The number of anilines is 1. The number of urea groups is 1. The first-order chi connectivity index (χ1) is 9.25. The third-order valence-electron chi connectivity index (χ3n) is 3.25. The lowest BCUT2D eigenvalue weighted by molar-refractivity contribution is 0.252.